The number of benzene rings is 11. The van der Waals surface area contributed by atoms with Crippen LogP contribution in [0.2, 0.25) is 0 Å². The van der Waals surface area contributed by atoms with E-state index >= 15 is 0 Å². The Morgan fingerprint density at radius 1 is 0.338 bits per heavy atom. The van der Waals surface area contributed by atoms with Crippen LogP contribution in [0.15, 0.2) is 255 Å². The summed E-state index contributed by atoms with van der Waals surface area (Å²) in [4.78, 5) is 2.49. The maximum atomic E-state index is 2.49. The molecule has 0 fully saturated rings. The number of para-hydroxylation sites is 1. The van der Waals surface area contributed by atoms with E-state index in [2.05, 4.69) is 264 Å². The van der Waals surface area contributed by atoms with Crippen molar-refractivity contribution in [2.24, 2.45) is 0 Å². The quantitative estimate of drug-likeness (QED) is 0.155. The highest BCUT2D eigenvalue weighted by atomic mass is 15.1. The van der Waals surface area contributed by atoms with Gasteiger partial charge in [0.2, 0.25) is 0 Å². The van der Waals surface area contributed by atoms with Gasteiger partial charge in [-0.05, 0) is 104 Å². The number of rotatable bonds is 7. The van der Waals surface area contributed by atoms with Gasteiger partial charge < -0.3 is 9.47 Å². The average molecular weight is 827 g/mol. The normalized spacial score (nSPS) is 14.2. The Labute approximate surface area is 378 Å². The van der Waals surface area contributed by atoms with E-state index in [0.717, 1.165) is 28.3 Å². The van der Waals surface area contributed by atoms with E-state index in [9.17, 15) is 0 Å². The van der Waals surface area contributed by atoms with Gasteiger partial charge in [-0.2, -0.15) is 0 Å². The summed E-state index contributed by atoms with van der Waals surface area (Å²) in [5.74, 6) is 0. The summed E-state index contributed by atoms with van der Waals surface area (Å²) in [6, 6.07) is 94.1. The highest BCUT2D eigenvalue weighted by Gasteiger charge is 2.46. The van der Waals surface area contributed by atoms with Crippen LogP contribution in [-0.4, -0.2) is 4.57 Å². The van der Waals surface area contributed by atoms with E-state index < -0.39 is 5.41 Å². The lowest BCUT2D eigenvalue weighted by molar-refractivity contribution is 0.769. The minimum absolute atomic E-state index is 0.594. The zero-order valence-corrected chi connectivity index (χ0v) is 35.6. The number of fused-ring (bicyclic) bond motifs is 9. The maximum absolute atomic E-state index is 2.49. The van der Waals surface area contributed by atoms with Gasteiger partial charge in [-0.25, -0.2) is 0 Å². The fourth-order valence-electron chi connectivity index (χ4n) is 11.0. The van der Waals surface area contributed by atoms with Crippen molar-refractivity contribution >= 4 is 60.4 Å². The second kappa shape index (κ2) is 14.8. The van der Waals surface area contributed by atoms with E-state index in [0.29, 0.717) is 0 Å². The molecular weight excluding hydrogens is 785 g/mol. The molecule has 0 radical (unpaired) electrons. The molecule has 304 valence electrons. The zero-order valence-electron chi connectivity index (χ0n) is 35.6. The fraction of sp³-hybridized carbons (Fsp3) is 0.0159. The predicted molar refractivity (Wildman–Crippen MR) is 273 cm³/mol. The Balaban J connectivity index is 1.11. The van der Waals surface area contributed by atoms with Crippen LogP contribution in [0.5, 0.6) is 0 Å². The lowest BCUT2D eigenvalue weighted by atomic mass is 9.67. The summed E-state index contributed by atoms with van der Waals surface area (Å²) in [5, 5.41) is 7.33. The molecule has 1 unspecified atom stereocenters. The van der Waals surface area contributed by atoms with Crippen LogP contribution in [0.3, 0.4) is 0 Å². The molecule has 0 saturated heterocycles. The summed E-state index contributed by atoms with van der Waals surface area (Å²) in [7, 11) is 0. The lowest BCUT2D eigenvalue weighted by Gasteiger charge is -2.35. The van der Waals surface area contributed by atoms with Crippen molar-refractivity contribution in [2.75, 3.05) is 4.90 Å². The van der Waals surface area contributed by atoms with Gasteiger partial charge in [-0.3, -0.25) is 0 Å². The number of hydrogen-bond donors (Lipinski definition) is 0. The predicted octanol–water partition coefficient (Wildman–Crippen LogP) is 16.6. The molecule has 2 heteroatoms. The van der Waals surface area contributed by atoms with Gasteiger partial charge in [-0.1, -0.05) is 206 Å². The van der Waals surface area contributed by atoms with Crippen LogP contribution in [-0.2, 0) is 5.41 Å². The largest absolute Gasteiger partial charge is 0.310 e. The SMILES string of the molecule is c1ccc(-c2cccc(C3(c4ccccc4)c4ccccc4-c4ccc(N(c5ccc6c7ccc8ccccc8c7n(-c7ccccc7)c6c5)c5cccc6ccccc56)cc43)c2)cc1. The van der Waals surface area contributed by atoms with Gasteiger partial charge in [0.15, 0.2) is 0 Å². The van der Waals surface area contributed by atoms with E-state index in [1.165, 1.54) is 82.3 Å². The van der Waals surface area contributed by atoms with Crippen LogP contribution < -0.4 is 4.90 Å². The number of aromatic nitrogens is 1. The van der Waals surface area contributed by atoms with Gasteiger partial charge >= 0.3 is 0 Å². The summed E-state index contributed by atoms with van der Waals surface area (Å²) in [5.41, 5.74) is 16.2. The molecule has 1 heterocycles. The molecule has 0 aliphatic heterocycles. The highest BCUT2D eigenvalue weighted by Crippen LogP contribution is 2.58. The Morgan fingerprint density at radius 3 is 1.75 bits per heavy atom. The molecule has 13 rings (SSSR count). The van der Waals surface area contributed by atoms with E-state index in [-0.39, 0.29) is 0 Å². The van der Waals surface area contributed by atoms with Gasteiger partial charge in [0.25, 0.3) is 0 Å². The first kappa shape index (κ1) is 37.1. The van der Waals surface area contributed by atoms with Crippen molar-refractivity contribution in [1.82, 2.24) is 4.57 Å². The van der Waals surface area contributed by atoms with Crippen molar-refractivity contribution in [3.63, 3.8) is 0 Å². The van der Waals surface area contributed by atoms with Crippen molar-refractivity contribution in [2.45, 2.75) is 5.41 Å². The highest BCUT2D eigenvalue weighted by molar-refractivity contribution is 6.19. The molecule has 0 N–H and O–H groups in total. The van der Waals surface area contributed by atoms with E-state index in [1.807, 2.05) is 0 Å². The molecule has 12 aromatic rings. The van der Waals surface area contributed by atoms with Crippen LogP contribution >= 0.6 is 0 Å². The molecule has 11 aromatic carbocycles. The maximum Gasteiger partial charge on any atom is 0.0714 e. The summed E-state index contributed by atoms with van der Waals surface area (Å²) < 4.78 is 2.47. The second-order valence-corrected chi connectivity index (χ2v) is 17.2. The molecule has 0 bridgehead atoms. The first-order chi connectivity index (χ1) is 32.3. The van der Waals surface area contributed by atoms with E-state index in [1.54, 1.807) is 0 Å². The standard InChI is InChI=1S/C63H42N2/c1-4-18-43(19-5-1)46-23-16-26-48(40-46)63(47-24-6-2-7-25-47)58-32-15-14-31-54(58)55-38-35-50(41-59(55)63)64(60-33-17-22-44-20-10-12-29-52(44)60)51-36-39-56-57-37-34-45-21-11-13-30-53(45)62(57)65(61(56)42-51)49-27-8-3-9-28-49/h1-42H. The summed E-state index contributed by atoms with van der Waals surface area (Å²) in [6.45, 7) is 0. The minimum Gasteiger partial charge on any atom is -0.310 e. The van der Waals surface area contributed by atoms with Crippen molar-refractivity contribution in [3.05, 3.63) is 277 Å². The Hall–Kier alpha value is -8.46. The minimum atomic E-state index is -0.594. The Morgan fingerprint density at radius 2 is 0.923 bits per heavy atom. The molecule has 1 aromatic heterocycles. The zero-order chi connectivity index (χ0) is 42.9. The molecule has 1 aliphatic rings. The van der Waals surface area contributed by atoms with Crippen molar-refractivity contribution < 1.29 is 0 Å². The summed E-state index contributed by atoms with van der Waals surface area (Å²) in [6.07, 6.45) is 0. The van der Waals surface area contributed by atoms with Gasteiger partial charge in [0.05, 0.1) is 22.1 Å². The topological polar surface area (TPSA) is 8.17 Å². The average Bonchev–Trinajstić information content (AvgIpc) is 3.88. The second-order valence-electron chi connectivity index (χ2n) is 17.2. The van der Waals surface area contributed by atoms with Crippen molar-refractivity contribution in [1.29, 1.82) is 0 Å². The molecule has 0 saturated carbocycles. The molecule has 2 nitrogen and oxygen atoms in total. The third-order valence-electron chi connectivity index (χ3n) is 13.8. The number of anilines is 3. The molecular formula is C63H42N2. The van der Waals surface area contributed by atoms with Gasteiger partial charge in [0.1, 0.15) is 0 Å². The molecule has 0 spiro atoms. The van der Waals surface area contributed by atoms with Crippen LogP contribution in [0, 0.1) is 0 Å². The van der Waals surface area contributed by atoms with Gasteiger partial charge in [0, 0.05) is 38.6 Å². The molecule has 1 atom stereocenters. The fourth-order valence-corrected chi connectivity index (χ4v) is 11.0. The smallest absolute Gasteiger partial charge is 0.0714 e. The molecule has 1 aliphatic carbocycles. The monoisotopic (exact) mass is 826 g/mol. The lowest BCUT2D eigenvalue weighted by Crippen LogP contribution is -2.29. The van der Waals surface area contributed by atoms with Crippen LogP contribution in [0.25, 0.3) is 71.3 Å². The third-order valence-corrected chi connectivity index (χ3v) is 13.8. The van der Waals surface area contributed by atoms with Crippen LogP contribution in [0.1, 0.15) is 22.3 Å². The Bertz CT molecular complexity index is 3770. The molecule has 0 amide bonds. The van der Waals surface area contributed by atoms with E-state index in [4.69, 9.17) is 0 Å². The number of hydrogen-bond acceptors (Lipinski definition) is 1. The molecule has 65 heavy (non-hydrogen) atoms. The first-order valence-electron chi connectivity index (χ1n) is 22.5. The summed E-state index contributed by atoms with van der Waals surface area (Å²) >= 11 is 0. The Kier molecular flexibility index (Phi) is 8.47. The number of nitrogens with zero attached hydrogens (tertiary/aromatic N) is 2. The van der Waals surface area contributed by atoms with Crippen LogP contribution in [0.4, 0.5) is 17.1 Å². The third kappa shape index (κ3) is 5.67. The first-order valence-corrected chi connectivity index (χ1v) is 22.5. The van der Waals surface area contributed by atoms with Gasteiger partial charge in [-0.15, -0.1) is 0 Å². The van der Waals surface area contributed by atoms with Crippen molar-refractivity contribution in [3.8, 4) is 27.9 Å².